The average molecular weight is 420 g/mol. The van der Waals surface area contributed by atoms with Crippen LogP contribution in [-0.2, 0) is 9.53 Å². The first kappa shape index (κ1) is 22.2. The number of carbonyl (C=O) groups excluding carboxylic acids is 2. The fraction of sp³-hybridized carbons (Fsp3) is 0.636. The number of para-hydroxylation sites is 2. The van der Waals surface area contributed by atoms with Crippen LogP contribution < -0.4 is 20.1 Å². The summed E-state index contributed by atoms with van der Waals surface area (Å²) in [5.74, 6) is 1.35. The van der Waals surface area contributed by atoms with Crippen LogP contribution in [0.25, 0.3) is 0 Å². The van der Waals surface area contributed by atoms with Crippen molar-refractivity contribution in [2.24, 2.45) is 0 Å². The van der Waals surface area contributed by atoms with Crippen molar-refractivity contribution in [2.75, 3.05) is 26.2 Å². The molecule has 1 unspecified atom stereocenters. The lowest BCUT2D eigenvalue weighted by Crippen LogP contribution is -2.54. The van der Waals surface area contributed by atoms with Gasteiger partial charge in [-0.15, -0.1) is 0 Å². The van der Waals surface area contributed by atoms with E-state index in [1.165, 1.54) is 0 Å². The van der Waals surface area contributed by atoms with Crippen molar-refractivity contribution in [3.05, 3.63) is 24.3 Å². The Balaban J connectivity index is 1.44. The van der Waals surface area contributed by atoms with Crippen LogP contribution in [0.3, 0.4) is 0 Å². The Morgan fingerprint density at radius 1 is 1.27 bits per heavy atom. The normalized spacial score (nSPS) is 22.7. The van der Waals surface area contributed by atoms with E-state index in [-0.39, 0.29) is 18.1 Å². The quantitative estimate of drug-likeness (QED) is 0.762. The fourth-order valence-electron chi connectivity index (χ4n) is 3.66. The second-order valence-electron chi connectivity index (χ2n) is 8.97. The molecule has 3 rings (SSSR count). The van der Waals surface area contributed by atoms with Crippen LogP contribution in [0, 0.1) is 0 Å². The molecule has 8 nitrogen and oxygen atoms in total. The Labute approximate surface area is 178 Å². The molecule has 0 aliphatic carbocycles. The van der Waals surface area contributed by atoms with Crippen molar-refractivity contribution in [3.63, 3.8) is 0 Å². The highest BCUT2D eigenvalue weighted by molar-refractivity contribution is 5.85. The number of piperidine rings is 1. The minimum atomic E-state index is -0.665. The van der Waals surface area contributed by atoms with Gasteiger partial charge in [0.25, 0.3) is 0 Å². The fourth-order valence-corrected chi connectivity index (χ4v) is 3.66. The van der Waals surface area contributed by atoms with Gasteiger partial charge >= 0.3 is 6.09 Å². The molecule has 0 bridgehead atoms. The second-order valence-corrected chi connectivity index (χ2v) is 8.97. The summed E-state index contributed by atoms with van der Waals surface area (Å²) in [4.78, 5) is 26.7. The first-order valence-electron chi connectivity index (χ1n) is 10.6. The number of rotatable bonds is 5. The standard InChI is InChI=1S/C22H33N3O5/c1-15(23-21(27)30-22(2,3)4)20(26)24-16-8-7-11-25(12-16)13-17-14-28-18-9-5-6-10-19(18)29-17/h5-6,9-10,15-17H,7-8,11-14H2,1-4H3,(H,23,27)(H,24,26)/t15?,16-,17-/m0/s1. The lowest BCUT2D eigenvalue weighted by molar-refractivity contribution is -0.123. The zero-order valence-electron chi connectivity index (χ0n) is 18.3. The summed E-state index contributed by atoms with van der Waals surface area (Å²) in [7, 11) is 0. The molecular weight excluding hydrogens is 386 g/mol. The molecule has 1 saturated heterocycles. The highest BCUT2D eigenvalue weighted by atomic mass is 16.6. The van der Waals surface area contributed by atoms with E-state index in [0.29, 0.717) is 6.61 Å². The Kier molecular flexibility index (Phi) is 7.07. The van der Waals surface area contributed by atoms with Gasteiger partial charge in [-0.25, -0.2) is 4.79 Å². The zero-order valence-corrected chi connectivity index (χ0v) is 18.3. The largest absolute Gasteiger partial charge is 0.486 e. The van der Waals surface area contributed by atoms with Gasteiger partial charge in [-0.05, 0) is 59.2 Å². The molecule has 1 fully saturated rings. The van der Waals surface area contributed by atoms with Crippen LogP contribution in [0.5, 0.6) is 11.5 Å². The number of ether oxygens (including phenoxy) is 3. The van der Waals surface area contributed by atoms with Gasteiger partial charge in [-0.3, -0.25) is 9.69 Å². The maximum Gasteiger partial charge on any atom is 0.408 e. The third kappa shape index (κ3) is 6.52. The van der Waals surface area contributed by atoms with Crippen molar-refractivity contribution >= 4 is 12.0 Å². The third-order valence-electron chi connectivity index (χ3n) is 5.01. The van der Waals surface area contributed by atoms with Gasteiger partial charge in [0.2, 0.25) is 5.91 Å². The monoisotopic (exact) mass is 419 g/mol. The molecule has 0 aromatic heterocycles. The summed E-state index contributed by atoms with van der Waals surface area (Å²) in [6.07, 6.45) is 1.27. The maximum absolute atomic E-state index is 12.5. The number of benzene rings is 1. The van der Waals surface area contributed by atoms with Crippen LogP contribution in [0.4, 0.5) is 4.79 Å². The van der Waals surface area contributed by atoms with Crippen molar-refractivity contribution < 1.29 is 23.8 Å². The molecule has 2 aliphatic heterocycles. The summed E-state index contributed by atoms with van der Waals surface area (Å²) in [5.41, 5.74) is -0.602. The zero-order chi connectivity index (χ0) is 21.7. The van der Waals surface area contributed by atoms with Gasteiger partial charge < -0.3 is 24.8 Å². The number of hydrogen-bond donors (Lipinski definition) is 2. The van der Waals surface area contributed by atoms with Gasteiger partial charge in [-0.2, -0.15) is 0 Å². The van der Waals surface area contributed by atoms with E-state index in [0.717, 1.165) is 44.0 Å². The van der Waals surface area contributed by atoms with Gasteiger partial charge in [0.1, 0.15) is 24.4 Å². The number of likely N-dealkylation sites (tertiary alicyclic amines) is 1. The lowest BCUT2D eigenvalue weighted by atomic mass is 10.0. The molecule has 1 aromatic rings. The Morgan fingerprint density at radius 2 is 2.00 bits per heavy atom. The summed E-state index contributed by atoms with van der Waals surface area (Å²) in [5, 5.41) is 5.64. The molecule has 2 amide bonds. The van der Waals surface area contributed by atoms with Gasteiger partial charge in [0, 0.05) is 19.1 Å². The molecule has 3 atom stereocenters. The number of fused-ring (bicyclic) bond motifs is 1. The third-order valence-corrected chi connectivity index (χ3v) is 5.01. The number of hydrogen-bond acceptors (Lipinski definition) is 6. The minimum absolute atomic E-state index is 0.0333. The number of nitrogens with zero attached hydrogens (tertiary/aromatic N) is 1. The molecule has 0 radical (unpaired) electrons. The van der Waals surface area contributed by atoms with Gasteiger partial charge in [0.15, 0.2) is 11.5 Å². The highest BCUT2D eigenvalue weighted by Gasteiger charge is 2.28. The van der Waals surface area contributed by atoms with Crippen molar-refractivity contribution in [1.29, 1.82) is 0 Å². The van der Waals surface area contributed by atoms with E-state index in [4.69, 9.17) is 14.2 Å². The van der Waals surface area contributed by atoms with Crippen LogP contribution in [0.2, 0.25) is 0 Å². The molecule has 0 spiro atoms. The van der Waals surface area contributed by atoms with Gasteiger partial charge in [0.05, 0.1) is 0 Å². The van der Waals surface area contributed by atoms with Crippen LogP contribution >= 0.6 is 0 Å². The molecule has 30 heavy (non-hydrogen) atoms. The Bertz CT molecular complexity index is 749. The summed E-state index contributed by atoms with van der Waals surface area (Å²) in [6, 6.07) is 7.06. The molecule has 166 valence electrons. The first-order chi connectivity index (χ1) is 14.2. The number of carbonyl (C=O) groups is 2. The minimum Gasteiger partial charge on any atom is -0.486 e. The topological polar surface area (TPSA) is 89.1 Å². The SMILES string of the molecule is CC(NC(=O)OC(C)(C)C)C(=O)N[C@H]1CCCN(C[C@H]2COc3ccccc3O2)C1. The Morgan fingerprint density at radius 3 is 2.73 bits per heavy atom. The molecule has 2 heterocycles. The van der Waals surface area contributed by atoms with Gasteiger partial charge in [-0.1, -0.05) is 12.1 Å². The molecule has 8 heteroatoms. The van der Waals surface area contributed by atoms with E-state index in [9.17, 15) is 9.59 Å². The van der Waals surface area contributed by atoms with E-state index in [2.05, 4.69) is 15.5 Å². The Hall–Kier alpha value is -2.48. The average Bonchev–Trinajstić information content (AvgIpc) is 2.66. The molecule has 2 aliphatic rings. The van der Waals surface area contributed by atoms with Crippen LogP contribution in [-0.4, -0.2) is 66.9 Å². The predicted octanol–water partition coefficient (Wildman–Crippen LogP) is 2.32. The van der Waals surface area contributed by atoms with Crippen LogP contribution in [0.15, 0.2) is 24.3 Å². The van der Waals surface area contributed by atoms with Crippen molar-refractivity contribution in [1.82, 2.24) is 15.5 Å². The molecular formula is C22H33N3O5. The molecule has 1 aromatic carbocycles. The summed E-state index contributed by atoms with van der Waals surface area (Å²) >= 11 is 0. The van der Waals surface area contributed by atoms with Crippen LogP contribution in [0.1, 0.15) is 40.5 Å². The summed E-state index contributed by atoms with van der Waals surface area (Å²) in [6.45, 7) is 9.97. The smallest absolute Gasteiger partial charge is 0.408 e. The van der Waals surface area contributed by atoms with E-state index >= 15 is 0 Å². The van der Waals surface area contributed by atoms with E-state index in [1.807, 2.05) is 24.3 Å². The van der Waals surface area contributed by atoms with E-state index < -0.39 is 17.7 Å². The molecule has 0 saturated carbocycles. The predicted molar refractivity (Wildman–Crippen MR) is 113 cm³/mol. The lowest BCUT2D eigenvalue weighted by Gasteiger charge is -2.36. The van der Waals surface area contributed by atoms with Crippen molar-refractivity contribution in [2.45, 2.75) is 64.3 Å². The second kappa shape index (κ2) is 9.55. The maximum atomic E-state index is 12.5. The highest BCUT2D eigenvalue weighted by Crippen LogP contribution is 2.31. The number of nitrogens with one attached hydrogen (secondary N) is 2. The number of amides is 2. The first-order valence-corrected chi connectivity index (χ1v) is 10.6. The molecule has 2 N–H and O–H groups in total. The summed E-state index contributed by atoms with van der Waals surface area (Å²) < 4.78 is 17.1. The number of alkyl carbamates (subject to hydrolysis) is 1. The van der Waals surface area contributed by atoms with Crippen molar-refractivity contribution in [3.8, 4) is 11.5 Å². The van der Waals surface area contributed by atoms with E-state index in [1.54, 1.807) is 27.7 Å².